The Morgan fingerprint density at radius 3 is 2.18 bits per heavy atom. The number of nitrogens with zero attached hydrogens (tertiary/aromatic N) is 2. The molecule has 0 aliphatic heterocycles. The highest BCUT2D eigenvalue weighted by Crippen LogP contribution is 2.26. The SMILES string of the molecule is CC(C)c1ccc(Sc2ncc(I)cn2)cc1. The quantitative estimate of drug-likeness (QED) is 0.604. The van der Waals surface area contributed by atoms with Crippen LogP contribution in [0, 0.1) is 3.57 Å². The van der Waals surface area contributed by atoms with E-state index in [4.69, 9.17) is 0 Å². The van der Waals surface area contributed by atoms with Crippen molar-refractivity contribution in [1.29, 1.82) is 0 Å². The average Bonchev–Trinajstić information content (AvgIpc) is 2.33. The summed E-state index contributed by atoms with van der Waals surface area (Å²) in [5, 5.41) is 0.794. The molecule has 0 N–H and O–H groups in total. The second kappa shape index (κ2) is 5.82. The Morgan fingerprint density at radius 1 is 1.06 bits per heavy atom. The molecule has 0 fully saturated rings. The van der Waals surface area contributed by atoms with Crippen molar-refractivity contribution in [3.63, 3.8) is 0 Å². The van der Waals surface area contributed by atoms with Gasteiger partial charge in [-0.2, -0.15) is 0 Å². The van der Waals surface area contributed by atoms with Gasteiger partial charge in [-0.05, 0) is 58.0 Å². The third-order valence-corrected chi connectivity index (χ3v) is 3.81. The molecule has 0 atom stereocenters. The number of hydrogen-bond acceptors (Lipinski definition) is 3. The van der Waals surface area contributed by atoms with Crippen LogP contribution in [0.2, 0.25) is 0 Å². The molecule has 0 radical (unpaired) electrons. The van der Waals surface area contributed by atoms with E-state index in [1.807, 2.05) is 12.4 Å². The van der Waals surface area contributed by atoms with Crippen LogP contribution in [0.1, 0.15) is 25.3 Å². The maximum absolute atomic E-state index is 4.28. The first-order chi connectivity index (χ1) is 8.15. The van der Waals surface area contributed by atoms with Gasteiger partial charge in [0.15, 0.2) is 5.16 Å². The highest BCUT2D eigenvalue weighted by atomic mass is 127. The zero-order chi connectivity index (χ0) is 12.3. The second-order valence-electron chi connectivity index (χ2n) is 4.01. The number of hydrogen-bond donors (Lipinski definition) is 0. The average molecular weight is 356 g/mol. The van der Waals surface area contributed by atoms with Crippen LogP contribution in [0.4, 0.5) is 0 Å². The van der Waals surface area contributed by atoms with Crippen LogP contribution < -0.4 is 0 Å². The van der Waals surface area contributed by atoms with Gasteiger partial charge in [-0.25, -0.2) is 9.97 Å². The summed E-state index contributed by atoms with van der Waals surface area (Å²) in [6.45, 7) is 4.40. The summed E-state index contributed by atoms with van der Waals surface area (Å²) in [6, 6.07) is 8.59. The van der Waals surface area contributed by atoms with Crippen LogP contribution in [-0.2, 0) is 0 Å². The fourth-order valence-corrected chi connectivity index (χ4v) is 2.35. The van der Waals surface area contributed by atoms with Gasteiger partial charge in [0.2, 0.25) is 0 Å². The lowest BCUT2D eigenvalue weighted by molar-refractivity contribution is 0.864. The number of halogens is 1. The van der Waals surface area contributed by atoms with Crippen LogP contribution >= 0.6 is 34.4 Å². The molecule has 0 aliphatic carbocycles. The van der Waals surface area contributed by atoms with Gasteiger partial charge in [-0.15, -0.1) is 0 Å². The molecule has 0 spiro atoms. The topological polar surface area (TPSA) is 25.8 Å². The van der Waals surface area contributed by atoms with Gasteiger partial charge in [-0.3, -0.25) is 0 Å². The van der Waals surface area contributed by atoms with E-state index in [0.717, 1.165) is 8.73 Å². The molecule has 1 aromatic carbocycles. The van der Waals surface area contributed by atoms with E-state index in [1.165, 1.54) is 10.5 Å². The van der Waals surface area contributed by atoms with Gasteiger partial charge >= 0.3 is 0 Å². The molecule has 88 valence electrons. The Labute approximate surface area is 119 Å². The monoisotopic (exact) mass is 356 g/mol. The maximum Gasteiger partial charge on any atom is 0.192 e. The molecule has 0 bridgehead atoms. The molecule has 17 heavy (non-hydrogen) atoms. The number of benzene rings is 1. The van der Waals surface area contributed by atoms with Crippen molar-refractivity contribution < 1.29 is 0 Å². The molecule has 0 saturated heterocycles. The van der Waals surface area contributed by atoms with E-state index in [2.05, 4.69) is 70.7 Å². The summed E-state index contributed by atoms with van der Waals surface area (Å²) in [5.74, 6) is 0.573. The molecule has 2 aromatic rings. The summed E-state index contributed by atoms with van der Waals surface area (Å²) in [6.07, 6.45) is 3.66. The number of rotatable bonds is 3. The van der Waals surface area contributed by atoms with Crippen LogP contribution in [-0.4, -0.2) is 9.97 Å². The zero-order valence-corrected chi connectivity index (χ0v) is 12.7. The van der Waals surface area contributed by atoms with Crippen molar-refractivity contribution in [2.45, 2.75) is 29.8 Å². The van der Waals surface area contributed by atoms with Crippen molar-refractivity contribution in [2.75, 3.05) is 0 Å². The van der Waals surface area contributed by atoms with E-state index in [0.29, 0.717) is 5.92 Å². The fraction of sp³-hybridized carbons (Fsp3) is 0.231. The molecular weight excluding hydrogens is 343 g/mol. The van der Waals surface area contributed by atoms with Crippen molar-refractivity contribution in [1.82, 2.24) is 9.97 Å². The first kappa shape index (κ1) is 12.8. The van der Waals surface area contributed by atoms with E-state index in [-0.39, 0.29) is 0 Å². The van der Waals surface area contributed by atoms with Gasteiger partial charge in [0.25, 0.3) is 0 Å². The van der Waals surface area contributed by atoms with Crippen LogP contribution in [0.15, 0.2) is 46.7 Å². The minimum Gasteiger partial charge on any atom is -0.230 e. The minimum atomic E-state index is 0.573. The van der Waals surface area contributed by atoms with Gasteiger partial charge in [0, 0.05) is 20.9 Å². The Balaban J connectivity index is 2.11. The predicted molar refractivity (Wildman–Crippen MR) is 79.4 cm³/mol. The van der Waals surface area contributed by atoms with Crippen LogP contribution in [0.5, 0.6) is 0 Å². The van der Waals surface area contributed by atoms with Crippen molar-refractivity contribution >= 4 is 34.4 Å². The summed E-state index contributed by atoms with van der Waals surface area (Å²) >= 11 is 3.80. The van der Waals surface area contributed by atoms with Gasteiger partial charge in [0.1, 0.15) is 0 Å². The minimum absolute atomic E-state index is 0.573. The Kier molecular flexibility index (Phi) is 4.39. The van der Waals surface area contributed by atoms with Gasteiger partial charge < -0.3 is 0 Å². The van der Waals surface area contributed by atoms with E-state index >= 15 is 0 Å². The molecule has 0 amide bonds. The van der Waals surface area contributed by atoms with Gasteiger partial charge in [-0.1, -0.05) is 26.0 Å². The smallest absolute Gasteiger partial charge is 0.192 e. The van der Waals surface area contributed by atoms with Crippen LogP contribution in [0.25, 0.3) is 0 Å². The lowest BCUT2D eigenvalue weighted by Crippen LogP contribution is -1.88. The fourth-order valence-electron chi connectivity index (χ4n) is 1.38. The Hall–Kier alpha value is -0.620. The molecule has 4 heteroatoms. The van der Waals surface area contributed by atoms with E-state index in [9.17, 15) is 0 Å². The normalized spacial score (nSPS) is 10.8. The van der Waals surface area contributed by atoms with Gasteiger partial charge in [0.05, 0.1) is 0 Å². The molecular formula is C13H13IN2S. The highest BCUT2D eigenvalue weighted by molar-refractivity contribution is 14.1. The lowest BCUT2D eigenvalue weighted by atomic mass is 10.0. The molecule has 0 unspecified atom stereocenters. The first-order valence-corrected chi connectivity index (χ1v) is 7.30. The van der Waals surface area contributed by atoms with Crippen molar-refractivity contribution in [3.05, 3.63) is 45.8 Å². The zero-order valence-electron chi connectivity index (χ0n) is 9.72. The summed E-state index contributed by atoms with van der Waals surface area (Å²) in [7, 11) is 0. The van der Waals surface area contributed by atoms with Crippen molar-refractivity contribution in [2.24, 2.45) is 0 Å². The molecule has 0 aliphatic rings. The largest absolute Gasteiger partial charge is 0.230 e. The highest BCUT2D eigenvalue weighted by Gasteiger charge is 2.02. The van der Waals surface area contributed by atoms with Crippen LogP contribution in [0.3, 0.4) is 0 Å². The molecule has 1 heterocycles. The maximum atomic E-state index is 4.28. The Morgan fingerprint density at radius 2 is 1.65 bits per heavy atom. The summed E-state index contributed by atoms with van der Waals surface area (Å²) in [4.78, 5) is 9.73. The van der Waals surface area contributed by atoms with E-state index < -0.39 is 0 Å². The standard InChI is InChI=1S/C13H13IN2S/c1-9(2)10-3-5-12(6-4-10)17-13-15-7-11(14)8-16-13/h3-9H,1-2H3. The lowest BCUT2D eigenvalue weighted by Gasteiger charge is -2.05. The predicted octanol–water partition coefficient (Wildman–Crippen LogP) is 4.36. The molecule has 1 aromatic heterocycles. The van der Waals surface area contributed by atoms with E-state index in [1.54, 1.807) is 11.8 Å². The summed E-state index contributed by atoms with van der Waals surface area (Å²) in [5.41, 5.74) is 1.36. The summed E-state index contributed by atoms with van der Waals surface area (Å²) < 4.78 is 1.06. The molecule has 2 rings (SSSR count). The molecule has 0 saturated carbocycles. The Bertz CT molecular complexity index is 480. The molecule has 2 nitrogen and oxygen atoms in total. The number of aromatic nitrogens is 2. The second-order valence-corrected chi connectivity index (χ2v) is 6.30. The first-order valence-electron chi connectivity index (χ1n) is 5.40. The third-order valence-electron chi connectivity index (χ3n) is 2.35. The third kappa shape index (κ3) is 3.67. The van der Waals surface area contributed by atoms with Crippen molar-refractivity contribution in [3.8, 4) is 0 Å².